The Morgan fingerprint density at radius 1 is 0.963 bits per heavy atom. The highest BCUT2D eigenvalue weighted by Crippen LogP contribution is 2.21. The maximum absolute atomic E-state index is 12.7. The molecule has 1 amide bonds. The number of carbonyl (C=O) groups is 1. The Kier molecular flexibility index (Phi) is 4.78. The SMILES string of the molecule is O=C(NCCOc1ccccc1)c1nn(-c2ccccn2)c2ccccc12. The molecule has 6 nitrogen and oxygen atoms in total. The number of pyridine rings is 1. The predicted molar refractivity (Wildman–Crippen MR) is 103 cm³/mol. The van der Waals surface area contributed by atoms with Gasteiger partial charge in [0.2, 0.25) is 0 Å². The van der Waals surface area contributed by atoms with Crippen molar-refractivity contribution in [2.45, 2.75) is 0 Å². The summed E-state index contributed by atoms with van der Waals surface area (Å²) >= 11 is 0. The molecular weight excluding hydrogens is 340 g/mol. The van der Waals surface area contributed by atoms with E-state index in [-0.39, 0.29) is 5.91 Å². The zero-order valence-corrected chi connectivity index (χ0v) is 14.6. The molecule has 2 aromatic heterocycles. The number of benzene rings is 2. The van der Waals surface area contributed by atoms with Gasteiger partial charge in [0.1, 0.15) is 12.4 Å². The van der Waals surface area contributed by atoms with E-state index in [1.807, 2.05) is 72.8 Å². The minimum atomic E-state index is -0.238. The second-order valence-electron chi connectivity index (χ2n) is 5.88. The number of carbonyl (C=O) groups excluding carboxylic acids is 1. The van der Waals surface area contributed by atoms with E-state index in [0.29, 0.717) is 24.7 Å². The van der Waals surface area contributed by atoms with Gasteiger partial charge < -0.3 is 10.1 Å². The molecule has 0 bridgehead atoms. The molecule has 2 aromatic carbocycles. The quantitative estimate of drug-likeness (QED) is 0.537. The number of hydrogen-bond acceptors (Lipinski definition) is 4. The summed E-state index contributed by atoms with van der Waals surface area (Å²) < 4.78 is 7.29. The third kappa shape index (κ3) is 3.64. The van der Waals surface area contributed by atoms with Crippen LogP contribution in [0.3, 0.4) is 0 Å². The second kappa shape index (κ2) is 7.70. The van der Waals surface area contributed by atoms with Gasteiger partial charge in [-0.15, -0.1) is 0 Å². The monoisotopic (exact) mass is 358 g/mol. The fraction of sp³-hybridized carbons (Fsp3) is 0.0952. The topological polar surface area (TPSA) is 69.0 Å². The summed E-state index contributed by atoms with van der Waals surface area (Å²) in [5.41, 5.74) is 1.21. The summed E-state index contributed by atoms with van der Waals surface area (Å²) in [7, 11) is 0. The molecule has 6 heteroatoms. The maximum atomic E-state index is 12.7. The lowest BCUT2D eigenvalue weighted by Crippen LogP contribution is -2.28. The summed E-state index contributed by atoms with van der Waals surface area (Å²) in [5, 5.41) is 8.15. The van der Waals surface area contributed by atoms with Gasteiger partial charge in [-0.1, -0.05) is 42.5 Å². The number of rotatable bonds is 6. The van der Waals surface area contributed by atoms with Crippen molar-refractivity contribution in [1.29, 1.82) is 0 Å². The van der Waals surface area contributed by atoms with Crippen LogP contribution in [0.2, 0.25) is 0 Å². The third-order valence-corrected chi connectivity index (χ3v) is 4.07. The Balaban J connectivity index is 1.50. The number of hydrogen-bond donors (Lipinski definition) is 1. The van der Waals surface area contributed by atoms with Crippen LogP contribution >= 0.6 is 0 Å². The first kappa shape index (κ1) is 16.8. The highest BCUT2D eigenvalue weighted by molar-refractivity contribution is 6.05. The third-order valence-electron chi connectivity index (χ3n) is 4.07. The first-order valence-electron chi connectivity index (χ1n) is 8.68. The van der Waals surface area contributed by atoms with Gasteiger partial charge in [-0.2, -0.15) is 5.10 Å². The molecule has 0 aliphatic rings. The van der Waals surface area contributed by atoms with E-state index in [1.54, 1.807) is 10.9 Å². The van der Waals surface area contributed by atoms with E-state index in [2.05, 4.69) is 15.4 Å². The van der Waals surface area contributed by atoms with E-state index >= 15 is 0 Å². The minimum Gasteiger partial charge on any atom is -0.492 e. The zero-order valence-electron chi connectivity index (χ0n) is 14.6. The lowest BCUT2D eigenvalue weighted by molar-refractivity contribution is 0.0943. The van der Waals surface area contributed by atoms with Crippen LogP contribution in [0, 0.1) is 0 Å². The van der Waals surface area contributed by atoms with Crippen molar-refractivity contribution in [3.05, 3.63) is 84.7 Å². The van der Waals surface area contributed by atoms with Crippen LogP contribution in [0.5, 0.6) is 5.75 Å². The summed E-state index contributed by atoms with van der Waals surface area (Å²) in [6.07, 6.45) is 1.70. The van der Waals surface area contributed by atoms with Crippen molar-refractivity contribution in [3.63, 3.8) is 0 Å². The van der Waals surface area contributed by atoms with Crippen molar-refractivity contribution in [2.75, 3.05) is 13.2 Å². The molecule has 4 rings (SSSR count). The molecule has 0 radical (unpaired) electrons. The van der Waals surface area contributed by atoms with Crippen molar-refractivity contribution < 1.29 is 9.53 Å². The Morgan fingerprint density at radius 2 is 1.74 bits per heavy atom. The molecule has 0 atom stereocenters. The largest absolute Gasteiger partial charge is 0.492 e. The van der Waals surface area contributed by atoms with E-state index in [1.165, 1.54) is 0 Å². The van der Waals surface area contributed by atoms with Gasteiger partial charge in [0.25, 0.3) is 5.91 Å². The van der Waals surface area contributed by atoms with E-state index in [4.69, 9.17) is 4.74 Å². The average Bonchev–Trinajstić information content (AvgIpc) is 3.12. The van der Waals surface area contributed by atoms with Crippen LogP contribution in [0.1, 0.15) is 10.5 Å². The van der Waals surface area contributed by atoms with Crippen LogP contribution in [0.25, 0.3) is 16.7 Å². The van der Waals surface area contributed by atoms with Crippen LogP contribution in [-0.4, -0.2) is 33.8 Å². The van der Waals surface area contributed by atoms with Gasteiger partial charge >= 0.3 is 0 Å². The van der Waals surface area contributed by atoms with E-state index in [0.717, 1.165) is 16.7 Å². The molecule has 0 saturated heterocycles. The molecule has 4 aromatic rings. The van der Waals surface area contributed by atoms with Crippen molar-refractivity contribution in [3.8, 4) is 11.6 Å². The van der Waals surface area contributed by atoms with Crippen LogP contribution in [-0.2, 0) is 0 Å². The van der Waals surface area contributed by atoms with Gasteiger partial charge in [0.15, 0.2) is 11.5 Å². The van der Waals surface area contributed by atoms with Crippen molar-refractivity contribution >= 4 is 16.8 Å². The zero-order chi connectivity index (χ0) is 18.5. The average molecular weight is 358 g/mol. The summed E-state index contributed by atoms with van der Waals surface area (Å²) in [6.45, 7) is 0.771. The molecule has 134 valence electrons. The van der Waals surface area contributed by atoms with Crippen LogP contribution in [0.4, 0.5) is 0 Å². The predicted octanol–water partition coefficient (Wildman–Crippen LogP) is 3.23. The van der Waals surface area contributed by atoms with Gasteiger partial charge in [0.05, 0.1) is 12.1 Å². The number of fused-ring (bicyclic) bond motifs is 1. The molecule has 0 saturated carbocycles. The number of aromatic nitrogens is 3. The second-order valence-corrected chi connectivity index (χ2v) is 5.88. The normalized spacial score (nSPS) is 10.7. The van der Waals surface area contributed by atoms with Crippen molar-refractivity contribution in [2.24, 2.45) is 0 Å². The Labute approximate surface area is 156 Å². The summed E-state index contributed by atoms with van der Waals surface area (Å²) in [4.78, 5) is 17.0. The van der Waals surface area contributed by atoms with Gasteiger partial charge in [-0.25, -0.2) is 9.67 Å². The van der Waals surface area contributed by atoms with Crippen LogP contribution in [0.15, 0.2) is 79.0 Å². The fourth-order valence-corrected chi connectivity index (χ4v) is 2.82. The maximum Gasteiger partial charge on any atom is 0.272 e. The number of amides is 1. The summed E-state index contributed by atoms with van der Waals surface area (Å²) in [6, 6.07) is 22.7. The molecule has 0 aliphatic heterocycles. The van der Waals surface area contributed by atoms with Gasteiger partial charge in [-0.3, -0.25) is 4.79 Å². The lowest BCUT2D eigenvalue weighted by Gasteiger charge is -2.06. The molecule has 0 spiro atoms. The highest BCUT2D eigenvalue weighted by Gasteiger charge is 2.17. The van der Waals surface area contributed by atoms with E-state index < -0.39 is 0 Å². The number of nitrogens with zero attached hydrogens (tertiary/aromatic N) is 3. The number of para-hydroxylation sites is 2. The van der Waals surface area contributed by atoms with Gasteiger partial charge in [-0.05, 0) is 30.3 Å². The van der Waals surface area contributed by atoms with Crippen molar-refractivity contribution in [1.82, 2.24) is 20.1 Å². The molecule has 0 unspecified atom stereocenters. The fourth-order valence-electron chi connectivity index (χ4n) is 2.82. The van der Waals surface area contributed by atoms with Gasteiger partial charge in [0, 0.05) is 11.6 Å². The Morgan fingerprint density at radius 3 is 2.56 bits per heavy atom. The smallest absolute Gasteiger partial charge is 0.272 e. The highest BCUT2D eigenvalue weighted by atomic mass is 16.5. The molecule has 1 N–H and O–H groups in total. The minimum absolute atomic E-state index is 0.238. The first-order chi connectivity index (χ1) is 13.3. The summed E-state index contributed by atoms with van der Waals surface area (Å²) in [5.74, 6) is 1.20. The Hall–Kier alpha value is -3.67. The number of ether oxygens (including phenoxy) is 1. The van der Waals surface area contributed by atoms with Crippen LogP contribution < -0.4 is 10.1 Å². The molecular formula is C21H18N4O2. The molecule has 27 heavy (non-hydrogen) atoms. The molecule has 2 heterocycles. The Bertz CT molecular complexity index is 1050. The first-order valence-corrected chi connectivity index (χ1v) is 8.68. The standard InChI is InChI=1S/C21H18N4O2/c26-21(23-14-15-27-16-8-2-1-3-9-16)20-17-10-4-5-11-18(17)25(24-20)19-12-6-7-13-22-19/h1-13H,14-15H2,(H,23,26). The number of nitrogens with one attached hydrogen (secondary N) is 1. The lowest BCUT2D eigenvalue weighted by atomic mass is 10.2. The van der Waals surface area contributed by atoms with E-state index in [9.17, 15) is 4.79 Å². The molecule has 0 aliphatic carbocycles. The molecule has 0 fully saturated rings.